The summed E-state index contributed by atoms with van der Waals surface area (Å²) in [5.74, 6) is 1.09. The number of aromatic nitrogens is 1. The zero-order valence-electron chi connectivity index (χ0n) is 15.8. The summed E-state index contributed by atoms with van der Waals surface area (Å²) >= 11 is 3.53. The van der Waals surface area contributed by atoms with Gasteiger partial charge in [-0.3, -0.25) is 4.79 Å². The Morgan fingerprint density at radius 2 is 1.92 bits per heavy atom. The van der Waals surface area contributed by atoms with Gasteiger partial charge in [0, 0.05) is 29.5 Å². The molecule has 1 amide bonds. The van der Waals surface area contributed by atoms with E-state index in [0.29, 0.717) is 6.42 Å². The number of benzene rings is 1. The SMILES string of the molecule is CC1CCCCCC1.CCCC(=O)Nc1cn(C)c2cccc(Br)c12. The molecule has 0 unspecified atom stereocenters. The van der Waals surface area contributed by atoms with Crippen LogP contribution in [0.1, 0.15) is 65.2 Å². The van der Waals surface area contributed by atoms with E-state index in [-0.39, 0.29) is 5.91 Å². The minimum absolute atomic E-state index is 0.0655. The molecule has 0 bridgehead atoms. The summed E-state index contributed by atoms with van der Waals surface area (Å²) in [6.45, 7) is 4.38. The molecule has 1 saturated carbocycles. The van der Waals surface area contributed by atoms with Crippen LogP contribution in [0.2, 0.25) is 0 Å². The van der Waals surface area contributed by atoms with E-state index in [1.807, 2.05) is 42.9 Å². The molecule has 138 valence electrons. The number of halogens is 1. The number of hydrogen-bond acceptors (Lipinski definition) is 1. The summed E-state index contributed by atoms with van der Waals surface area (Å²) in [7, 11) is 1.98. The minimum atomic E-state index is 0.0655. The molecule has 4 heteroatoms. The maximum Gasteiger partial charge on any atom is 0.224 e. The van der Waals surface area contributed by atoms with E-state index in [1.54, 1.807) is 0 Å². The van der Waals surface area contributed by atoms with Gasteiger partial charge in [0.1, 0.15) is 0 Å². The predicted molar refractivity (Wildman–Crippen MR) is 111 cm³/mol. The average molecular weight is 407 g/mol. The van der Waals surface area contributed by atoms with E-state index in [9.17, 15) is 4.79 Å². The third-order valence-electron chi connectivity index (χ3n) is 4.86. The van der Waals surface area contributed by atoms with E-state index in [1.165, 1.54) is 38.5 Å². The number of fused-ring (bicyclic) bond motifs is 1. The first-order valence-corrected chi connectivity index (χ1v) is 10.4. The molecule has 25 heavy (non-hydrogen) atoms. The molecular formula is C21H31BrN2O. The molecule has 0 aliphatic heterocycles. The summed E-state index contributed by atoms with van der Waals surface area (Å²) in [4.78, 5) is 11.6. The van der Waals surface area contributed by atoms with Gasteiger partial charge in [0.25, 0.3) is 0 Å². The van der Waals surface area contributed by atoms with Gasteiger partial charge in [-0.25, -0.2) is 0 Å². The van der Waals surface area contributed by atoms with E-state index in [0.717, 1.165) is 33.4 Å². The molecule has 0 radical (unpaired) electrons. The van der Waals surface area contributed by atoms with Gasteiger partial charge < -0.3 is 9.88 Å². The maximum atomic E-state index is 11.6. The Bertz CT molecular complexity index is 685. The number of hydrogen-bond donors (Lipinski definition) is 1. The molecule has 0 spiro atoms. The van der Waals surface area contributed by atoms with Crippen molar-refractivity contribution in [3.8, 4) is 0 Å². The van der Waals surface area contributed by atoms with Gasteiger partial charge in [0.2, 0.25) is 5.91 Å². The lowest BCUT2D eigenvalue weighted by Gasteiger charge is -2.03. The van der Waals surface area contributed by atoms with Gasteiger partial charge in [-0.2, -0.15) is 0 Å². The van der Waals surface area contributed by atoms with Gasteiger partial charge in [-0.15, -0.1) is 0 Å². The standard InChI is InChI=1S/C13H15BrN2O.C8H16/c1-3-5-12(17)15-10-8-16(2)11-7-4-6-9(14)13(10)11;1-8-6-4-2-3-5-7-8/h4,6-8H,3,5H2,1-2H3,(H,15,17);8H,2-7H2,1H3. The molecule has 0 saturated heterocycles. The molecule has 1 aliphatic carbocycles. The molecule has 1 aromatic heterocycles. The lowest BCUT2D eigenvalue weighted by Crippen LogP contribution is -2.10. The molecule has 1 aromatic carbocycles. The van der Waals surface area contributed by atoms with E-state index in [2.05, 4.69) is 28.2 Å². The van der Waals surface area contributed by atoms with Gasteiger partial charge in [0.05, 0.1) is 11.2 Å². The second kappa shape index (κ2) is 10.0. The van der Waals surface area contributed by atoms with Crippen LogP contribution in [0.5, 0.6) is 0 Å². The fourth-order valence-corrected chi connectivity index (χ4v) is 3.99. The Morgan fingerprint density at radius 1 is 1.24 bits per heavy atom. The van der Waals surface area contributed by atoms with Crippen molar-refractivity contribution in [3.63, 3.8) is 0 Å². The maximum absolute atomic E-state index is 11.6. The van der Waals surface area contributed by atoms with Crippen molar-refractivity contribution in [1.82, 2.24) is 4.57 Å². The van der Waals surface area contributed by atoms with Crippen LogP contribution in [-0.4, -0.2) is 10.5 Å². The first-order valence-electron chi connectivity index (χ1n) is 9.56. The van der Waals surface area contributed by atoms with Crippen LogP contribution in [0, 0.1) is 5.92 Å². The number of nitrogens with zero attached hydrogens (tertiary/aromatic N) is 1. The molecule has 2 aromatic rings. The highest BCUT2D eigenvalue weighted by Gasteiger charge is 2.11. The van der Waals surface area contributed by atoms with Crippen molar-refractivity contribution in [1.29, 1.82) is 0 Å². The molecule has 3 rings (SSSR count). The van der Waals surface area contributed by atoms with Gasteiger partial charge in [0.15, 0.2) is 0 Å². The van der Waals surface area contributed by atoms with Crippen LogP contribution in [0.3, 0.4) is 0 Å². The summed E-state index contributed by atoms with van der Waals surface area (Å²) in [6.07, 6.45) is 12.3. The summed E-state index contributed by atoms with van der Waals surface area (Å²) in [5, 5.41) is 4.01. The van der Waals surface area contributed by atoms with Crippen LogP contribution in [-0.2, 0) is 11.8 Å². The lowest BCUT2D eigenvalue weighted by molar-refractivity contribution is -0.116. The zero-order valence-corrected chi connectivity index (χ0v) is 17.4. The number of carbonyl (C=O) groups is 1. The molecule has 1 N–H and O–H groups in total. The molecule has 1 fully saturated rings. The zero-order chi connectivity index (χ0) is 18.2. The van der Waals surface area contributed by atoms with Crippen LogP contribution in [0.25, 0.3) is 10.9 Å². The number of amides is 1. The highest BCUT2D eigenvalue weighted by atomic mass is 79.9. The highest BCUT2D eigenvalue weighted by Crippen LogP contribution is 2.32. The van der Waals surface area contributed by atoms with Crippen molar-refractivity contribution >= 4 is 38.4 Å². The number of carbonyl (C=O) groups excluding carboxylic acids is 1. The second-order valence-corrected chi connectivity index (χ2v) is 8.04. The van der Waals surface area contributed by atoms with E-state index in [4.69, 9.17) is 0 Å². The first-order chi connectivity index (χ1) is 12.0. The number of rotatable bonds is 3. The third-order valence-corrected chi connectivity index (χ3v) is 5.52. The Kier molecular flexibility index (Phi) is 8.01. The quantitative estimate of drug-likeness (QED) is 0.568. The van der Waals surface area contributed by atoms with Gasteiger partial charge in [-0.05, 0) is 24.5 Å². The molecular weight excluding hydrogens is 376 g/mol. The Balaban J connectivity index is 0.000000236. The second-order valence-electron chi connectivity index (χ2n) is 7.18. The fourth-order valence-electron chi connectivity index (χ4n) is 3.42. The average Bonchev–Trinajstić information content (AvgIpc) is 2.73. The van der Waals surface area contributed by atoms with Crippen molar-refractivity contribution < 1.29 is 4.79 Å². The van der Waals surface area contributed by atoms with Crippen molar-refractivity contribution in [2.24, 2.45) is 13.0 Å². The molecule has 0 atom stereocenters. The Hall–Kier alpha value is -1.29. The Morgan fingerprint density at radius 3 is 2.56 bits per heavy atom. The van der Waals surface area contributed by atoms with Crippen LogP contribution in [0.15, 0.2) is 28.9 Å². The lowest BCUT2D eigenvalue weighted by atomic mass is 10.0. The van der Waals surface area contributed by atoms with Crippen molar-refractivity contribution in [2.45, 2.75) is 65.2 Å². The number of nitrogens with one attached hydrogen (secondary N) is 1. The van der Waals surface area contributed by atoms with E-state index < -0.39 is 0 Å². The monoisotopic (exact) mass is 406 g/mol. The minimum Gasteiger partial charge on any atom is -0.348 e. The fraction of sp³-hybridized carbons (Fsp3) is 0.571. The van der Waals surface area contributed by atoms with Crippen molar-refractivity contribution in [2.75, 3.05) is 5.32 Å². The third kappa shape index (κ3) is 5.88. The predicted octanol–water partition coefficient (Wildman–Crippen LogP) is 6.66. The largest absolute Gasteiger partial charge is 0.348 e. The molecule has 1 heterocycles. The Labute approximate surface area is 160 Å². The van der Waals surface area contributed by atoms with Gasteiger partial charge >= 0.3 is 0 Å². The van der Waals surface area contributed by atoms with E-state index >= 15 is 0 Å². The summed E-state index contributed by atoms with van der Waals surface area (Å²) in [6, 6.07) is 6.01. The first kappa shape index (κ1) is 20.0. The summed E-state index contributed by atoms with van der Waals surface area (Å²) < 4.78 is 3.02. The molecule has 3 nitrogen and oxygen atoms in total. The number of aryl methyl sites for hydroxylation is 1. The summed E-state index contributed by atoms with van der Waals surface area (Å²) in [5.41, 5.74) is 1.97. The number of anilines is 1. The normalized spacial score (nSPS) is 15.4. The smallest absolute Gasteiger partial charge is 0.224 e. The van der Waals surface area contributed by atoms with Gasteiger partial charge in [-0.1, -0.05) is 74.4 Å². The van der Waals surface area contributed by atoms with Crippen LogP contribution < -0.4 is 5.32 Å². The molecule has 1 aliphatic rings. The van der Waals surface area contributed by atoms with Crippen molar-refractivity contribution in [3.05, 3.63) is 28.9 Å². The van der Waals surface area contributed by atoms with Crippen LogP contribution >= 0.6 is 15.9 Å². The topological polar surface area (TPSA) is 34.0 Å². The van der Waals surface area contributed by atoms with Crippen LogP contribution in [0.4, 0.5) is 5.69 Å². The highest BCUT2D eigenvalue weighted by molar-refractivity contribution is 9.10.